The Bertz CT molecular complexity index is 362. The Morgan fingerprint density at radius 3 is 2.50 bits per heavy atom. The van der Waals surface area contributed by atoms with Crippen molar-refractivity contribution >= 4 is 22.8 Å². The van der Waals surface area contributed by atoms with Gasteiger partial charge in [-0.05, 0) is 13.8 Å². The van der Waals surface area contributed by atoms with Gasteiger partial charge in [-0.2, -0.15) is 0 Å². The summed E-state index contributed by atoms with van der Waals surface area (Å²) in [5.74, 6) is -0.350. The predicted octanol–water partition coefficient (Wildman–Crippen LogP) is 2.51. The zero-order valence-corrected chi connectivity index (χ0v) is 10.1. The Kier molecular flexibility index (Phi) is 5.05. The molecule has 0 bridgehead atoms. The summed E-state index contributed by atoms with van der Waals surface area (Å²) in [4.78, 5) is 23.0. The van der Waals surface area contributed by atoms with Gasteiger partial charge in [0, 0.05) is 5.56 Å². The molecule has 0 fully saturated rings. The van der Waals surface area contributed by atoms with Gasteiger partial charge in [0.25, 0.3) is 0 Å². The molecule has 0 saturated carbocycles. The van der Waals surface area contributed by atoms with Crippen LogP contribution in [0.4, 0.5) is 0 Å². The summed E-state index contributed by atoms with van der Waals surface area (Å²) in [7, 11) is 0. The largest absolute Gasteiger partial charge is 0.465 e. The maximum Gasteiger partial charge on any atom is 0.319 e. The molecular weight excluding hydrogens is 224 g/mol. The van der Waals surface area contributed by atoms with Crippen LogP contribution >= 0.6 is 11.8 Å². The van der Waals surface area contributed by atoms with Gasteiger partial charge < -0.3 is 4.74 Å². The van der Waals surface area contributed by atoms with Crippen molar-refractivity contribution in [1.82, 2.24) is 0 Å². The van der Waals surface area contributed by atoms with Crippen LogP contribution in [0.3, 0.4) is 0 Å². The van der Waals surface area contributed by atoms with Crippen LogP contribution in [0.1, 0.15) is 24.2 Å². The molecule has 0 saturated heterocycles. The molecule has 4 heteroatoms. The van der Waals surface area contributed by atoms with Crippen molar-refractivity contribution in [3.05, 3.63) is 35.9 Å². The molecule has 0 aromatic heterocycles. The van der Waals surface area contributed by atoms with Gasteiger partial charge in [-0.25, -0.2) is 0 Å². The van der Waals surface area contributed by atoms with Crippen molar-refractivity contribution in [2.24, 2.45) is 0 Å². The van der Waals surface area contributed by atoms with E-state index in [9.17, 15) is 9.59 Å². The van der Waals surface area contributed by atoms with Gasteiger partial charge in [-0.15, -0.1) is 0 Å². The van der Waals surface area contributed by atoms with Gasteiger partial charge in [0.15, 0.2) is 0 Å². The molecule has 1 rings (SSSR count). The topological polar surface area (TPSA) is 43.4 Å². The van der Waals surface area contributed by atoms with Crippen molar-refractivity contribution in [1.29, 1.82) is 0 Å². The molecule has 0 aliphatic rings. The number of hydrogen-bond acceptors (Lipinski definition) is 4. The molecule has 0 amide bonds. The average Bonchev–Trinajstić information content (AvgIpc) is 2.30. The summed E-state index contributed by atoms with van der Waals surface area (Å²) < 4.78 is 4.83. The quantitative estimate of drug-likeness (QED) is 0.756. The molecule has 1 unspecified atom stereocenters. The number of ether oxygens (including phenoxy) is 1. The van der Waals surface area contributed by atoms with Crippen LogP contribution in [-0.2, 0) is 9.53 Å². The molecule has 86 valence electrons. The Labute approximate surface area is 99.2 Å². The third-order valence-electron chi connectivity index (χ3n) is 1.91. The molecule has 16 heavy (non-hydrogen) atoms. The minimum atomic E-state index is -0.465. The Balaban J connectivity index is 2.55. The van der Waals surface area contributed by atoms with Gasteiger partial charge in [0.2, 0.25) is 5.12 Å². The predicted molar refractivity (Wildman–Crippen MR) is 64.5 cm³/mol. The molecule has 0 spiro atoms. The first-order valence-electron chi connectivity index (χ1n) is 5.07. The van der Waals surface area contributed by atoms with Crippen molar-refractivity contribution in [3.63, 3.8) is 0 Å². The van der Waals surface area contributed by atoms with Crippen LogP contribution < -0.4 is 0 Å². The van der Waals surface area contributed by atoms with Gasteiger partial charge >= 0.3 is 5.97 Å². The van der Waals surface area contributed by atoms with E-state index < -0.39 is 5.25 Å². The highest BCUT2D eigenvalue weighted by Gasteiger charge is 2.19. The third-order valence-corrected chi connectivity index (χ3v) is 2.91. The van der Waals surface area contributed by atoms with E-state index in [2.05, 4.69) is 0 Å². The minimum absolute atomic E-state index is 0.110. The lowest BCUT2D eigenvalue weighted by Crippen LogP contribution is -2.18. The molecule has 0 aliphatic carbocycles. The number of benzene rings is 1. The zero-order chi connectivity index (χ0) is 12.0. The smallest absolute Gasteiger partial charge is 0.319 e. The second kappa shape index (κ2) is 6.33. The van der Waals surface area contributed by atoms with Crippen LogP contribution in [-0.4, -0.2) is 22.9 Å². The van der Waals surface area contributed by atoms with Gasteiger partial charge in [0.1, 0.15) is 5.25 Å². The summed E-state index contributed by atoms with van der Waals surface area (Å²) in [6.45, 7) is 3.75. The maximum atomic E-state index is 11.7. The second-order valence-electron chi connectivity index (χ2n) is 3.17. The van der Waals surface area contributed by atoms with Gasteiger partial charge in [0.05, 0.1) is 6.61 Å². The van der Waals surface area contributed by atoms with Crippen molar-refractivity contribution < 1.29 is 14.3 Å². The summed E-state index contributed by atoms with van der Waals surface area (Å²) in [6, 6.07) is 8.89. The summed E-state index contributed by atoms with van der Waals surface area (Å²) in [6.07, 6.45) is 0. The number of carbonyl (C=O) groups excluding carboxylic acids is 2. The van der Waals surface area contributed by atoms with E-state index in [-0.39, 0.29) is 11.1 Å². The van der Waals surface area contributed by atoms with E-state index in [1.54, 1.807) is 38.1 Å². The second-order valence-corrected chi connectivity index (χ2v) is 4.48. The minimum Gasteiger partial charge on any atom is -0.465 e. The van der Waals surface area contributed by atoms with E-state index in [0.717, 1.165) is 11.8 Å². The highest BCUT2D eigenvalue weighted by Crippen LogP contribution is 2.18. The fourth-order valence-electron chi connectivity index (χ4n) is 1.11. The number of esters is 1. The lowest BCUT2D eigenvalue weighted by Gasteiger charge is -2.08. The fraction of sp³-hybridized carbons (Fsp3) is 0.333. The zero-order valence-electron chi connectivity index (χ0n) is 9.30. The van der Waals surface area contributed by atoms with Crippen LogP contribution in [0.2, 0.25) is 0 Å². The maximum absolute atomic E-state index is 11.7. The Hall–Kier alpha value is -1.29. The van der Waals surface area contributed by atoms with Crippen LogP contribution in [0.5, 0.6) is 0 Å². The molecule has 1 atom stereocenters. The first-order chi connectivity index (χ1) is 7.65. The van der Waals surface area contributed by atoms with Crippen LogP contribution in [0.15, 0.2) is 30.3 Å². The Morgan fingerprint density at radius 2 is 1.94 bits per heavy atom. The molecule has 0 N–H and O–H groups in total. The summed E-state index contributed by atoms with van der Waals surface area (Å²) >= 11 is 0.987. The normalized spacial score (nSPS) is 11.9. The first kappa shape index (κ1) is 12.8. The summed E-state index contributed by atoms with van der Waals surface area (Å²) in [5.41, 5.74) is 0.601. The van der Waals surface area contributed by atoms with Gasteiger partial charge in [-0.3, -0.25) is 9.59 Å². The SMILES string of the molecule is CCOC(=O)C(C)SC(=O)c1ccccc1. The molecule has 1 aromatic carbocycles. The third kappa shape index (κ3) is 3.70. The molecule has 3 nitrogen and oxygen atoms in total. The van der Waals surface area contributed by atoms with Crippen molar-refractivity contribution in [2.45, 2.75) is 19.1 Å². The van der Waals surface area contributed by atoms with E-state index in [4.69, 9.17) is 4.74 Å². The molecule has 0 radical (unpaired) electrons. The Morgan fingerprint density at radius 1 is 1.31 bits per heavy atom. The molecular formula is C12H14O3S. The highest BCUT2D eigenvalue weighted by atomic mass is 32.2. The van der Waals surface area contributed by atoms with E-state index >= 15 is 0 Å². The van der Waals surface area contributed by atoms with Crippen molar-refractivity contribution in [3.8, 4) is 0 Å². The van der Waals surface area contributed by atoms with Crippen LogP contribution in [0, 0.1) is 0 Å². The lowest BCUT2D eigenvalue weighted by atomic mass is 10.2. The number of rotatable bonds is 4. The van der Waals surface area contributed by atoms with E-state index in [0.29, 0.717) is 12.2 Å². The lowest BCUT2D eigenvalue weighted by molar-refractivity contribution is -0.142. The fourth-order valence-corrected chi connectivity index (χ4v) is 1.87. The monoisotopic (exact) mass is 238 g/mol. The highest BCUT2D eigenvalue weighted by molar-refractivity contribution is 8.15. The van der Waals surface area contributed by atoms with E-state index in [1.165, 1.54) is 0 Å². The van der Waals surface area contributed by atoms with E-state index in [1.807, 2.05) is 6.07 Å². The van der Waals surface area contributed by atoms with Gasteiger partial charge in [-0.1, -0.05) is 42.1 Å². The average molecular weight is 238 g/mol. The molecule has 0 heterocycles. The molecule has 1 aromatic rings. The summed E-state index contributed by atoms with van der Waals surface area (Å²) in [5, 5.41) is -0.575. The van der Waals surface area contributed by atoms with Crippen LogP contribution in [0.25, 0.3) is 0 Å². The van der Waals surface area contributed by atoms with Crippen molar-refractivity contribution in [2.75, 3.05) is 6.61 Å². The molecule has 0 aliphatic heterocycles. The number of hydrogen-bond donors (Lipinski definition) is 0. The number of carbonyl (C=O) groups is 2. The standard InChI is InChI=1S/C12H14O3S/c1-3-15-11(13)9(2)16-12(14)10-7-5-4-6-8-10/h4-9H,3H2,1-2H3. The number of thioether (sulfide) groups is 1. The first-order valence-corrected chi connectivity index (χ1v) is 5.95.